The van der Waals surface area contributed by atoms with Crippen LogP contribution in [0.25, 0.3) is 11.0 Å². The lowest BCUT2D eigenvalue weighted by Crippen LogP contribution is -2.45. The van der Waals surface area contributed by atoms with Gasteiger partial charge in [0.25, 0.3) is 0 Å². The van der Waals surface area contributed by atoms with Gasteiger partial charge in [0.15, 0.2) is 0 Å². The van der Waals surface area contributed by atoms with Crippen molar-refractivity contribution in [3.63, 3.8) is 0 Å². The van der Waals surface area contributed by atoms with Gasteiger partial charge in [-0.15, -0.1) is 0 Å². The molecule has 1 aromatic carbocycles. The van der Waals surface area contributed by atoms with Gasteiger partial charge in [-0.25, -0.2) is 0 Å². The van der Waals surface area contributed by atoms with E-state index in [1.807, 2.05) is 45.9 Å². The number of hydrogen-bond donors (Lipinski definition) is 2. The number of aryl methyl sites for hydroxylation is 1. The Hall–Kier alpha value is -1.81. The van der Waals surface area contributed by atoms with Crippen molar-refractivity contribution < 1.29 is 9.21 Å². The molecule has 0 aliphatic rings. The zero-order valence-electron chi connectivity index (χ0n) is 13.4. The predicted molar refractivity (Wildman–Crippen MR) is 85.3 cm³/mol. The first-order valence-electron chi connectivity index (χ1n) is 7.30. The fourth-order valence-electron chi connectivity index (χ4n) is 2.41. The van der Waals surface area contributed by atoms with Crippen molar-refractivity contribution in [3.8, 4) is 0 Å². The number of furan rings is 1. The van der Waals surface area contributed by atoms with E-state index in [2.05, 4.69) is 23.6 Å². The highest BCUT2D eigenvalue weighted by atomic mass is 16.3. The van der Waals surface area contributed by atoms with Crippen molar-refractivity contribution in [2.75, 3.05) is 6.54 Å². The molecule has 0 spiro atoms. The summed E-state index contributed by atoms with van der Waals surface area (Å²) in [6, 6.07) is 7.97. The van der Waals surface area contributed by atoms with E-state index in [4.69, 9.17) is 4.42 Å². The van der Waals surface area contributed by atoms with Crippen LogP contribution in [-0.2, 0) is 4.79 Å². The fraction of sp³-hybridized carbons (Fsp3) is 0.471. The van der Waals surface area contributed by atoms with Gasteiger partial charge < -0.3 is 9.73 Å². The number of nitrogens with one attached hydrogen (secondary N) is 2. The van der Waals surface area contributed by atoms with Crippen LogP contribution in [0.4, 0.5) is 0 Å². The molecule has 2 rings (SSSR count). The van der Waals surface area contributed by atoms with Crippen LogP contribution < -0.4 is 10.6 Å². The van der Waals surface area contributed by atoms with Gasteiger partial charge in [-0.2, -0.15) is 0 Å². The summed E-state index contributed by atoms with van der Waals surface area (Å²) in [5.74, 6) is 0.878. The number of carbonyl (C=O) groups is 1. The summed E-state index contributed by atoms with van der Waals surface area (Å²) in [5, 5.41) is 7.28. The maximum Gasteiger partial charge on any atom is 0.234 e. The second-order valence-corrected chi connectivity index (χ2v) is 6.49. The van der Waals surface area contributed by atoms with Crippen LogP contribution in [0.3, 0.4) is 0 Å². The number of fused-ring (bicyclic) bond motifs is 1. The molecule has 4 heteroatoms. The van der Waals surface area contributed by atoms with E-state index < -0.39 is 0 Å². The van der Waals surface area contributed by atoms with Gasteiger partial charge in [-0.1, -0.05) is 18.2 Å². The summed E-state index contributed by atoms with van der Waals surface area (Å²) in [7, 11) is 0. The van der Waals surface area contributed by atoms with Gasteiger partial charge in [-0.3, -0.25) is 10.1 Å². The minimum atomic E-state index is -0.211. The Kier molecular flexibility index (Phi) is 4.37. The third-order valence-electron chi connectivity index (χ3n) is 3.36. The molecule has 0 saturated carbocycles. The molecule has 4 nitrogen and oxygen atoms in total. The van der Waals surface area contributed by atoms with Crippen LogP contribution in [0.1, 0.15) is 45.1 Å². The molecule has 0 fully saturated rings. The first-order valence-corrected chi connectivity index (χ1v) is 7.30. The quantitative estimate of drug-likeness (QED) is 0.907. The highest BCUT2D eigenvalue weighted by Crippen LogP contribution is 2.28. The summed E-state index contributed by atoms with van der Waals surface area (Å²) < 4.78 is 5.90. The van der Waals surface area contributed by atoms with E-state index in [0.29, 0.717) is 0 Å². The van der Waals surface area contributed by atoms with Crippen molar-refractivity contribution in [2.45, 2.75) is 46.2 Å². The Morgan fingerprint density at radius 3 is 2.57 bits per heavy atom. The molecule has 1 atom stereocenters. The molecule has 1 amide bonds. The predicted octanol–water partition coefficient (Wildman–Crippen LogP) is 3.31. The Labute approximate surface area is 125 Å². The third kappa shape index (κ3) is 3.85. The van der Waals surface area contributed by atoms with E-state index in [-0.39, 0.29) is 24.0 Å². The van der Waals surface area contributed by atoms with Crippen LogP contribution in [0, 0.1) is 6.92 Å². The molecular weight excluding hydrogens is 264 g/mol. The number of carbonyl (C=O) groups excluding carboxylic acids is 1. The fourth-order valence-corrected chi connectivity index (χ4v) is 2.41. The second-order valence-electron chi connectivity index (χ2n) is 6.49. The first kappa shape index (κ1) is 15.6. The molecule has 114 valence electrons. The summed E-state index contributed by atoms with van der Waals surface area (Å²) in [4.78, 5) is 11.8. The molecule has 0 radical (unpaired) electrons. The van der Waals surface area contributed by atoms with Gasteiger partial charge in [0.1, 0.15) is 11.3 Å². The number of para-hydroxylation sites is 1. The van der Waals surface area contributed by atoms with Crippen LogP contribution in [-0.4, -0.2) is 18.0 Å². The first-order chi connectivity index (χ1) is 9.78. The zero-order valence-corrected chi connectivity index (χ0v) is 13.4. The number of amides is 1. The van der Waals surface area contributed by atoms with Crippen LogP contribution in [0.15, 0.2) is 28.7 Å². The van der Waals surface area contributed by atoms with E-state index in [1.165, 1.54) is 0 Å². The lowest BCUT2D eigenvalue weighted by molar-refractivity contribution is -0.121. The van der Waals surface area contributed by atoms with Crippen molar-refractivity contribution in [2.24, 2.45) is 0 Å². The average Bonchev–Trinajstić information content (AvgIpc) is 2.72. The maximum absolute atomic E-state index is 11.8. The van der Waals surface area contributed by atoms with E-state index in [1.54, 1.807) is 0 Å². The Morgan fingerprint density at radius 2 is 1.95 bits per heavy atom. The van der Waals surface area contributed by atoms with Gasteiger partial charge in [0.2, 0.25) is 5.91 Å². The molecule has 21 heavy (non-hydrogen) atoms. The molecule has 1 unspecified atom stereocenters. The minimum Gasteiger partial charge on any atom is -0.459 e. The zero-order chi connectivity index (χ0) is 15.6. The lowest BCUT2D eigenvalue weighted by Gasteiger charge is -2.21. The molecule has 2 N–H and O–H groups in total. The van der Waals surface area contributed by atoms with E-state index >= 15 is 0 Å². The summed E-state index contributed by atoms with van der Waals surface area (Å²) in [5.41, 5.74) is 1.80. The van der Waals surface area contributed by atoms with Crippen LogP contribution in [0.5, 0.6) is 0 Å². The third-order valence-corrected chi connectivity index (χ3v) is 3.36. The molecule has 0 bridgehead atoms. The summed E-state index contributed by atoms with van der Waals surface area (Å²) in [6.45, 7) is 10.2. The van der Waals surface area contributed by atoms with Gasteiger partial charge in [-0.05, 0) is 46.2 Å². The lowest BCUT2D eigenvalue weighted by atomic mass is 10.1. The number of rotatable bonds is 4. The standard InChI is InChI=1S/C17H24N2O2/c1-11-13-8-6-7-9-14(13)21-16(11)12(2)18-10-15(20)19-17(3,4)5/h6-9,12,18H,10H2,1-5H3,(H,19,20). The average molecular weight is 288 g/mol. The molecule has 1 heterocycles. The van der Waals surface area contributed by atoms with E-state index in [0.717, 1.165) is 22.3 Å². The second kappa shape index (κ2) is 5.90. The van der Waals surface area contributed by atoms with Crippen molar-refractivity contribution >= 4 is 16.9 Å². The Morgan fingerprint density at radius 1 is 1.29 bits per heavy atom. The largest absolute Gasteiger partial charge is 0.459 e. The number of benzene rings is 1. The molecule has 2 aromatic rings. The minimum absolute atomic E-state index is 0.0110. The maximum atomic E-state index is 11.8. The van der Waals surface area contributed by atoms with Crippen molar-refractivity contribution in [3.05, 3.63) is 35.6 Å². The monoisotopic (exact) mass is 288 g/mol. The molecular formula is C17H24N2O2. The van der Waals surface area contributed by atoms with Crippen LogP contribution >= 0.6 is 0 Å². The smallest absolute Gasteiger partial charge is 0.234 e. The summed E-state index contributed by atoms with van der Waals surface area (Å²) >= 11 is 0. The Balaban J connectivity index is 2.04. The van der Waals surface area contributed by atoms with Gasteiger partial charge in [0, 0.05) is 10.9 Å². The molecule has 0 saturated heterocycles. The SMILES string of the molecule is Cc1c(C(C)NCC(=O)NC(C)(C)C)oc2ccccc12. The number of hydrogen-bond acceptors (Lipinski definition) is 3. The molecule has 0 aliphatic carbocycles. The highest BCUT2D eigenvalue weighted by molar-refractivity contribution is 5.82. The molecule has 1 aromatic heterocycles. The molecule has 0 aliphatic heterocycles. The van der Waals surface area contributed by atoms with Crippen molar-refractivity contribution in [1.82, 2.24) is 10.6 Å². The van der Waals surface area contributed by atoms with Crippen LogP contribution in [0.2, 0.25) is 0 Å². The van der Waals surface area contributed by atoms with Gasteiger partial charge in [0.05, 0.1) is 12.6 Å². The summed E-state index contributed by atoms with van der Waals surface area (Å²) in [6.07, 6.45) is 0. The topological polar surface area (TPSA) is 54.3 Å². The van der Waals surface area contributed by atoms with E-state index in [9.17, 15) is 4.79 Å². The van der Waals surface area contributed by atoms with Gasteiger partial charge >= 0.3 is 0 Å². The van der Waals surface area contributed by atoms with Crippen molar-refractivity contribution in [1.29, 1.82) is 0 Å². The normalized spacial score (nSPS) is 13.4. The Bertz CT molecular complexity index is 638. The highest BCUT2D eigenvalue weighted by Gasteiger charge is 2.18.